The number of halogens is 2. The average molecular weight is 322 g/mol. The molecular formula is C12H18BrClN2O. The zero-order valence-corrected chi connectivity index (χ0v) is 13.0. The number of hydrogen-bond acceptors (Lipinski definition) is 3. The Hall–Kier alpha value is -0.190. The second-order valence-electron chi connectivity index (χ2n) is 4.36. The molecule has 0 radical (unpaired) electrons. The van der Waals surface area contributed by atoms with Gasteiger partial charge in [0.2, 0.25) is 0 Å². The molecule has 17 heavy (non-hydrogen) atoms. The monoisotopic (exact) mass is 320 g/mol. The van der Waals surface area contributed by atoms with Crippen molar-refractivity contribution in [2.75, 3.05) is 7.11 Å². The maximum Gasteiger partial charge on any atom is 0.159 e. The summed E-state index contributed by atoms with van der Waals surface area (Å²) in [5, 5.41) is 0.459. The molecule has 1 atom stereocenters. The first-order valence-corrected chi connectivity index (χ1v) is 6.91. The number of methoxy groups -OCH3 is 1. The molecule has 0 aliphatic carbocycles. The Morgan fingerprint density at radius 3 is 2.47 bits per heavy atom. The predicted molar refractivity (Wildman–Crippen MR) is 73.3 cm³/mol. The number of ether oxygens (including phenoxy) is 1. The summed E-state index contributed by atoms with van der Waals surface area (Å²) in [5.74, 6) is 1.19. The fourth-order valence-electron chi connectivity index (χ4n) is 1.60. The van der Waals surface area contributed by atoms with Gasteiger partial charge >= 0.3 is 0 Å². The van der Waals surface area contributed by atoms with E-state index in [4.69, 9.17) is 16.3 Å². The lowest BCUT2D eigenvalue weighted by atomic mass is 10.1. The van der Waals surface area contributed by atoms with Gasteiger partial charge in [0, 0.05) is 7.11 Å². The summed E-state index contributed by atoms with van der Waals surface area (Å²) in [5.41, 5.74) is 0.950. The third-order valence-electron chi connectivity index (χ3n) is 2.44. The topological polar surface area (TPSA) is 35.0 Å². The van der Waals surface area contributed by atoms with Gasteiger partial charge in [0.25, 0.3) is 0 Å². The van der Waals surface area contributed by atoms with Crippen molar-refractivity contribution in [1.29, 1.82) is 0 Å². The van der Waals surface area contributed by atoms with Crippen molar-refractivity contribution in [3.05, 3.63) is 21.1 Å². The van der Waals surface area contributed by atoms with Crippen LogP contribution in [-0.2, 0) is 11.2 Å². The molecule has 96 valence electrons. The smallest absolute Gasteiger partial charge is 0.159 e. The van der Waals surface area contributed by atoms with Gasteiger partial charge in [-0.05, 0) is 34.7 Å². The minimum Gasteiger partial charge on any atom is -0.373 e. The van der Waals surface area contributed by atoms with Gasteiger partial charge < -0.3 is 4.74 Å². The Labute approximate surface area is 116 Å². The lowest BCUT2D eigenvalue weighted by Crippen LogP contribution is -2.10. The number of aromatic nitrogens is 2. The molecule has 0 spiro atoms. The summed E-state index contributed by atoms with van der Waals surface area (Å²) in [6, 6.07) is 0. The lowest BCUT2D eigenvalue weighted by molar-refractivity contribution is 0.0923. The van der Waals surface area contributed by atoms with Crippen LogP contribution in [0.15, 0.2) is 4.47 Å². The third-order valence-corrected chi connectivity index (χ3v) is 3.78. The number of nitrogens with zero attached hydrogens (tertiary/aromatic N) is 2. The summed E-state index contributed by atoms with van der Waals surface area (Å²) in [7, 11) is 1.66. The minimum atomic E-state index is -0.0912. The summed E-state index contributed by atoms with van der Waals surface area (Å²) in [6.07, 6.45) is 1.61. The molecule has 3 nitrogen and oxygen atoms in total. The van der Waals surface area contributed by atoms with Gasteiger partial charge in [-0.3, -0.25) is 0 Å². The first-order chi connectivity index (χ1) is 7.99. The average Bonchev–Trinajstić information content (AvgIpc) is 2.26. The highest BCUT2D eigenvalue weighted by Crippen LogP contribution is 2.28. The fraction of sp³-hybridized carbons (Fsp3) is 0.667. The Balaban J connectivity index is 3.13. The Morgan fingerprint density at radius 1 is 1.35 bits per heavy atom. The molecule has 0 aromatic carbocycles. The first kappa shape index (κ1) is 14.9. The van der Waals surface area contributed by atoms with E-state index in [1.165, 1.54) is 0 Å². The van der Waals surface area contributed by atoms with E-state index < -0.39 is 0 Å². The molecule has 0 N–H and O–H groups in total. The highest BCUT2D eigenvalue weighted by Gasteiger charge is 2.17. The van der Waals surface area contributed by atoms with Gasteiger partial charge in [-0.15, -0.1) is 0 Å². The highest BCUT2D eigenvalue weighted by atomic mass is 79.9. The van der Waals surface area contributed by atoms with Crippen molar-refractivity contribution in [3.63, 3.8) is 0 Å². The van der Waals surface area contributed by atoms with Crippen LogP contribution >= 0.6 is 27.5 Å². The second kappa shape index (κ2) is 6.66. The molecule has 0 bridgehead atoms. The van der Waals surface area contributed by atoms with E-state index in [9.17, 15) is 0 Å². The van der Waals surface area contributed by atoms with Crippen molar-refractivity contribution in [3.8, 4) is 0 Å². The largest absolute Gasteiger partial charge is 0.373 e. The molecule has 0 aliphatic heterocycles. The van der Waals surface area contributed by atoms with E-state index in [1.807, 2.05) is 6.92 Å². The first-order valence-electron chi connectivity index (χ1n) is 5.74. The van der Waals surface area contributed by atoms with Crippen molar-refractivity contribution in [2.24, 2.45) is 5.92 Å². The van der Waals surface area contributed by atoms with Crippen LogP contribution in [0.3, 0.4) is 0 Å². The van der Waals surface area contributed by atoms with E-state index in [-0.39, 0.29) is 6.10 Å². The van der Waals surface area contributed by atoms with Crippen molar-refractivity contribution < 1.29 is 4.74 Å². The molecule has 0 saturated carbocycles. The van der Waals surface area contributed by atoms with E-state index in [0.717, 1.165) is 23.0 Å². The molecule has 1 aromatic rings. The molecule has 5 heteroatoms. The minimum absolute atomic E-state index is 0.0912. The van der Waals surface area contributed by atoms with Crippen LogP contribution in [0.1, 0.15) is 44.8 Å². The van der Waals surface area contributed by atoms with Crippen molar-refractivity contribution >= 4 is 27.5 Å². The number of hydrogen-bond donors (Lipinski definition) is 0. The van der Waals surface area contributed by atoms with E-state index >= 15 is 0 Å². The van der Waals surface area contributed by atoms with Crippen LogP contribution in [0.25, 0.3) is 0 Å². The zero-order valence-electron chi connectivity index (χ0n) is 10.6. The maximum atomic E-state index is 6.11. The second-order valence-corrected chi connectivity index (χ2v) is 5.51. The van der Waals surface area contributed by atoms with Crippen LogP contribution in [0.5, 0.6) is 0 Å². The van der Waals surface area contributed by atoms with Crippen LogP contribution < -0.4 is 0 Å². The molecule has 0 fully saturated rings. The molecule has 1 unspecified atom stereocenters. The summed E-state index contributed by atoms with van der Waals surface area (Å²) in [6.45, 7) is 6.33. The normalized spacial score (nSPS) is 13.1. The Kier molecular flexibility index (Phi) is 5.83. The van der Waals surface area contributed by atoms with E-state index in [0.29, 0.717) is 16.9 Å². The Morgan fingerprint density at radius 2 is 2.00 bits per heavy atom. The van der Waals surface area contributed by atoms with E-state index in [2.05, 4.69) is 39.7 Å². The van der Waals surface area contributed by atoms with Gasteiger partial charge in [0.05, 0.1) is 10.2 Å². The molecule has 1 rings (SSSR count). The van der Waals surface area contributed by atoms with Gasteiger partial charge in [-0.1, -0.05) is 32.4 Å². The quantitative estimate of drug-likeness (QED) is 0.763. The molecule has 0 aliphatic rings. The van der Waals surface area contributed by atoms with Gasteiger partial charge in [-0.2, -0.15) is 0 Å². The van der Waals surface area contributed by atoms with Crippen LogP contribution in [0, 0.1) is 5.92 Å². The Bertz CT molecular complexity index is 381. The van der Waals surface area contributed by atoms with Crippen molar-refractivity contribution in [2.45, 2.75) is 39.7 Å². The maximum absolute atomic E-state index is 6.11. The SMILES string of the molecule is CCC(OC)c1nc(Cl)c(Br)c(CC(C)C)n1. The molecule has 0 amide bonds. The van der Waals surface area contributed by atoms with Crippen LogP contribution in [0.4, 0.5) is 0 Å². The molecule has 1 aromatic heterocycles. The van der Waals surface area contributed by atoms with Gasteiger partial charge in [0.1, 0.15) is 11.3 Å². The van der Waals surface area contributed by atoms with Crippen LogP contribution in [0.2, 0.25) is 5.15 Å². The summed E-state index contributed by atoms with van der Waals surface area (Å²) in [4.78, 5) is 8.81. The predicted octanol–water partition coefficient (Wildman–Crippen LogP) is 4.19. The standard InChI is InChI=1S/C12H18BrClN2O/c1-5-9(17-4)12-15-8(6-7(2)3)10(13)11(14)16-12/h7,9H,5-6H2,1-4H3. The van der Waals surface area contributed by atoms with Gasteiger partial charge in [-0.25, -0.2) is 9.97 Å². The number of rotatable bonds is 5. The molecular weight excluding hydrogens is 304 g/mol. The van der Waals surface area contributed by atoms with E-state index in [1.54, 1.807) is 7.11 Å². The fourth-order valence-corrected chi connectivity index (χ4v) is 2.14. The third kappa shape index (κ3) is 3.90. The molecule has 0 saturated heterocycles. The highest BCUT2D eigenvalue weighted by molar-refractivity contribution is 9.10. The summed E-state index contributed by atoms with van der Waals surface area (Å²) >= 11 is 9.54. The van der Waals surface area contributed by atoms with Crippen molar-refractivity contribution in [1.82, 2.24) is 9.97 Å². The van der Waals surface area contributed by atoms with Gasteiger partial charge in [0.15, 0.2) is 5.82 Å². The van der Waals surface area contributed by atoms with Crippen LogP contribution in [-0.4, -0.2) is 17.1 Å². The molecule has 1 heterocycles. The summed E-state index contributed by atoms with van der Waals surface area (Å²) < 4.78 is 6.14. The lowest BCUT2D eigenvalue weighted by Gasteiger charge is -2.15. The zero-order chi connectivity index (χ0) is 13.0.